The topological polar surface area (TPSA) is 88.6 Å². The van der Waals surface area contributed by atoms with Gasteiger partial charge in [0.05, 0.1) is 22.0 Å². The Morgan fingerprint density at radius 3 is 2.59 bits per heavy atom. The molecule has 0 atom stereocenters. The van der Waals surface area contributed by atoms with Gasteiger partial charge in [-0.2, -0.15) is 0 Å². The highest BCUT2D eigenvalue weighted by atomic mass is 35.5. The van der Waals surface area contributed by atoms with Crippen molar-refractivity contribution in [3.8, 4) is 5.75 Å². The molecule has 32 heavy (non-hydrogen) atoms. The fourth-order valence-electron chi connectivity index (χ4n) is 3.39. The van der Waals surface area contributed by atoms with E-state index in [1.807, 2.05) is 6.92 Å². The van der Waals surface area contributed by atoms with E-state index in [-0.39, 0.29) is 40.1 Å². The number of pyridine rings is 1. The number of nitrogens with one attached hydrogen (secondary N) is 1. The molecule has 174 valence electrons. The Morgan fingerprint density at radius 1 is 1.28 bits per heavy atom. The average Bonchev–Trinajstić information content (AvgIpc) is 3.01. The molecule has 1 amide bonds. The van der Waals surface area contributed by atoms with Gasteiger partial charge in [0, 0.05) is 18.3 Å². The fraction of sp³-hybridized carbons (Fsp3) is 0.400. The van der Waals surface area contributed by atoms with Crippen LogP contribution < -0.4 is 14.4 Å². The van der Waals surface area contributed by atoms with E-state index < -0.39 is 28.0 Å². The van der Waals surface area contributed by atoms with Gasteiger partial charge in [-0.15, -0.1) is 13.2 Å². The maximum atomic E-state index is 12.9. The smallest absolute Gasteiger partial charge is 0.406 e. The Morgan fingerprint density at radius 2 is 2.00 bits per heavy atom. The van der Waals surface area contributed by atoms with E-state index in [9.17, 15) is 26.4 Å². The summed E-state index contributed by atoms with van der Waals surface area (Å²) in [6.45, 7) is 3.63. The van der Waals surface area contributed by atoms with E-state index in [2.05, 4.69) is 15.0 Å². The molecule has 7 nitrogen and oxygen atoms in total. The van der Waals surface area contributed by atoms with Gasteiger partial charge < -0.3 is 10.1 Å². The molecule has 0 aliphatic carbocycles. The molecule has 1 saturated heterocycles. The minimum atomic E-state index is -4.88. The van der Waals surface area contributed by atoms with Gasteiger partial charge in [-0.1, -0.05) is 24.9 Å². The molecule has 2 aromatic rings. The number of benzene rings is 1. The number of aromatic nitrogens is 1. The quantitative estimate of drug-likeness (QED) is 0.633. The number of ether oxygens (including phenoxy) is 1. The SMILES string of the molecule is CCCc1cc(NC(=O)c2cc(N3CCCS3(=O)=O)nc(C)c2Cl)cc(OC(F)(F)F)c1. The Balaban J connectivity index is 1.94. The fourth-order valence-corrected chi connectivity index (χ4v) is 5.07. The monoisotopic (exact) mass is 491 g/mol. The highest BCUT2D eigenvalue weighted by Crippen LogP contribution is 2.31. The van der Waals surface area contributed by atoms with E-state index in [1.165, 1.54) is 19.1 Å². The molecule has 1 aromatic heterocycles. The highest BCUT2D eigenvalue weighted by molar-refractivity contribution is 7.93. The lowest BCUT2D eigenvalue weighted by molar-refractivity contribution is -0.274. The molecule has 2 heterocycles. The third-order valence-corrected chi connectivity index (χ3v) is 7.03. The average molecular weight is 492 g/mol. The molecule has 1 aromatic carbocycles. The van der Waals surface area contributed by atoms with Crippen molar-refractivity contribution in [3.05, 3.63) is 46.1 Å². The van der Waals surface area contributed by atoms with Crippen molar-refractivity contribution in [1.82, 2.24) is 4.98 Å². The molecule has 1 N–H and O–H groups in total. The Hall–Kier alpha value is -2.53. The number of hydrogen-bond donors (Lipinski definition) is 1. The van der Waals surface area contributed by atoms with Crippen molar-refractivity contribution in [2.24, 2.45) is 0 Å². The van der Waals surface area contributed by atoms with Gasteiger partial charge in [0.2, 0.25) is 10.0 Å². The summed E-state index contributed by atoms with van der Waals surface area (Å²) in [6.07, 6.45) is -3.30. The Kier molecular flexibility index (Phi) is 6.89. The van der Waals surface area contributed by atoms with Crippen molar-refractivity contribution in [1.29, 1.82) is 0 Å². The van der Waals surface area contributed by atoms with Gasteiger partial charge >= 0.3 is 6.36 Å². The summed E-state index contributed by atoms with van der Waals surface area (Å²) in [6, 6.07) is 5.11. The molecular weight excluding hydrogens is 471 g/mol. The van der Waals surface area contributed by atoms with Crippen molar-refractivity contribution < 1.29 is 31.1 Å². The molecule has 12 heteroatoms. The largest absolute Gasteiger partial charge is 0.573 e. The van der Waals surface area contributed by atoms with Crippen LogP contribution in [0.5, 0.6) is 5.75 Å². The lowest BCUT2D eigenvalue weighted by atomic mass is 10.1. The summed E-state index contributed by atoms with van der Waals surface area (Å²) in [5.41, 5.74) is 0.833. The number of hydrogen-bond acceptors (Lipinski definition) is 5. The zero-order valence-electron chi connectivity index (χ0n) is 17.3. The van der Waals surface area contributed by atoms with Crippen LogP contribution in [0.25, 0.3) is 0 Å². The van der Waals surface area contributed by atoms with E-state index in [4.69, 9.17) is 11.6 Å². The summed E-state index contributed by atoms with van der Waals surface area (Å²) >= 11 is 6.24. The van der Waals surface area contributed by atoms with Crippen molar-refractivity contribution in [2.45, 2.75) is 39.5 Å². The number of halogens is 4. The van der Waals surface area contributed by atoms with Crippen LogP contribution in [0.2, 0.25) is 5.02 Å². The van der Waals surface area contributed by atoms with E-state index in [0.717, 1.165) is 10.4 Å². The molecular formula is C20H21ClF3N3O4S. The number of alkyl halides is 3. The molecule has 1 aliphatic rings. The third-order valence-electron chi connectivity index (χ3n) is 4.71. The lowest BCUT2D eigenvalue weighted by Crippen LogP contribution is -2.27. The molecule has 0 bridgehead atoms. The summed E-state index contributed by atoms with van der Waals surface area (Å²) in [7, 11) is -3.53. The van der Waals surface area contributed by atoms with Crippen molar-refractivity contribution in [3.63, 3.8) is 0 Å². The van der Waals surface area contributed by atoms with Gasteiger partial charge in [0.25, 0.3) is 5.91 Å². The molecule has 3 rings (SSSR count). The second-order valence-electron chi connectivity index (χ2n) is 7.29. The van der Waals surface area contributed by atoms with Crippen molar-refractivity contribution in [2.75, 3.05) is 21.9 Å². The van der Waals surface area contributed by atoms with Gasteiger partial charge in [-0.3, -0.25) is 9.10 Å². The van der Waals surface area contributed by atoms with Crippen LogP contribution in [0.4, 0.5) is 24.7 Å². The second-order valence-corrected chi connectivity index (χ2v) is 9.68. The maximum Gasteiger partial charge on any atom is 0.573 e. The standard InChI is InChI=1S/C20H21ClF3N3O4S/c1-3-5-13-8-14(10-15(9-13)31-20(22,23)24)26-19(28)16-11-17(25-12(2)18(16)21)27-6-4-7-32(27,29)30/h8-11H,3-7H2,1-2H3,(H,26,28). The minimum absolute atomic E-state index is 0.0133. The number of anilines is 2. The van der Waals surface area contributed by atoms with Crippen LogP contribution in [-0.2, 0) is 16.4 Å². The predicted molar refractivity (Wildman–Crippen MR) is 115 cm³/mol. The summed E-state index contributed by atoms with van der Waals surface area (Å²) in [5.74, 6) is -1.13. The number of nitrogens with zero attached hydrogens (tertiary/aromatic N) is 2. The number of aryl methyl sites for hydroxylation is 2. The van der Waals surface area contributed by atoms with Crippen molar-refractivity contribution >= 4 is 39.0 Å². The zero-order valence-corrected chi connectivity index (χ0v) is 18.9. The number of amides is 1. The number of carbonyl (C=O) groups is 1. The van der Waals surface area contributed by atoms with E-state index in [1.54, 1.807) is 6.07 Å². The lowest BCUT2D eigenvalue weighted by Gasteiger charge is -2.18. The normalized spacial score (nSPS) is 15.6. The number of rotatable bonds is 6. The van der Waals surface area contributed by atoms with E-state index >= 15 is 0 Å². The molecule has 1 fully saturated rings. The molecule has 1 aliphatic heterocycles. The zero-order chi connectivity index (χ0) is 23.7. The summed E-state index contributed by atoms with van der Waals surface area (Å²) < 4.78 is 67.6. The van der Waals surface area contributed by atoms with Crippen LogP contribution in [-0.4, -0.2) is 38.0 Å². The second kappa shape index (κ2) is 9.14. The number of sulfonamides is 1. The maximum absolute atomic E-state index is 12.9. The van der Waals surface area contributed by atoms with Crippen LogP contribution in [0, 0.1) is 6.92 Å². The number of carbonyl (C=O) groups excluding carboxylic acids is 1. The van der Waals surface area contributed by atoms with Crippen LogP contribution in [0.15, 0.2) is 24.3 Å². The molecule has 0 saturated carbocycles. The highest BCUT2D eigenvalue weighted by Gasteiger charge is 2.32. The first-order valence-corrected chi connectivity index (χ1v) is 11.8. The molecule has 0 unspecified atom stereocenters. The van der Waals surface area contributed by atoms with Crippen LogP contribution in [0.1, 0.15) is 41.4 Å². The van der Waals surface area contributed by atoms with Gasteiger partial charge in [0.1, 0.15) is 11.6 Å². The minimum Gasteiger partial charge on any atom is -0.406 e. The van der Waals surface area contributed by atoms with Crippen LogP contribution in [0.3, 0.4) is 0 Å². The van der Waals surface area contributed by atoms with Gasteiger partial charge in [-0.05, 0) is 43.5 Å². The third kappa shape index (κ3) is 5.63. The molecule has 0 spiro atoms. The molecule has 0 radical (unpaired) electrons. The first-order chi connectivity index (χ1) is 14.9. The van der Waals surface area contributed by atoms with Gasteiger partial charge in [-0.25, -0.2) is 13.4 Å². The van der Waals surface area contributed by atoms with Gasteiger partial charge in [0.15, 0.2) is 0 Å². The predicted octanol–water partition coefficient (Wildman–Crippen LogP) is 4.69. The Bertz CT molecular complexity index is 1140. The summed E-state index contributed by atoms with van der Waals surface area (Å²) in [5, 5.41) is 2.54. The summed E-state index contributed by atoms with van der Waals surface area (Å²) in [4.78, 5) is 17.1. The first-order valence-electron chi connectivity index (χ1n) is 9.78. The first kappa shape index (κ1) is 24.1. The van der Waals surface area contributed by atoms with Crippen LogP contribution >= 0.6 is 11.6 Å². The Labute approximate surface area is 188 Å². The van der Waals surface area contributed by atoms with E-state index in [0.29, 0.717) is 24.8 Å².